The van der Waals surface area contributed by atoms with Crippen LogP contribution in [-0.4, -0.2) is 43.6 Å². The Morgan fingerprint density at radius 1 is 1.48 bits per heavy atom. The van der Waals surface area contributed by atoms with Crippen LogP contribution in [0.1, 0.15) is 11.1 Å². The minimum atomic E-state index is 0.117. The van der Waals surface area contributed by atoms with Crippen molar-refractivity contribution in [3.8, 4) is 11.5 Å². The van der Waals surface area contributed by atoms with Gasteiger partial charge in [-0.3, -0.25) is 4.90 Å². The zero-order valence-corrected chi connectivity index (χ0v) is 13.5. The number of rotatable bonds is 7. The van der Waals surface area contributed by atoms with Gasteiger partial charge in [0.05, 0.1) is 7.85 Å². The number of hydrogen-bond donors (Lipinski definition) is 3. The van der Waals surface area contributed by atoms with Crippen LogP contribution in [-0.2, 0) is 6.42 Å². The summed E-state index contributed by atoms with van der Waals surface area (Å²) in [5, 5.41) is 10.2. The first-order valence-electron chi connectivity index (χ1n) is 7.78. The zero-order valence-electron chi connectivity index (χ0n) is 13.5. The van der Waals surface area contributed by atoms with E-state index in [1.807, 2.05) is 19.1 Å². The molecule has 2 rings (SSSR count). The predicted molar refractivity (Wildman–Crippen MR) is 93.6 cm³/mol. The Hall–Kier alpha value is -2.08. The maximum Gasteiger partial charge on any atom is 0.126 e. The highest BCUT2D eigenvalue weighted by molar-refractivity contribution is 6.08. The summed E-state index contributed by atoms with van der Waals surface area (Å²) in [6.45, 7) is 4.18. The topological polar surface area (TPSA) is 84.7 Å². The number of hydrogen-bond acceptors (Lipinski definition) is 5. The first-order valence-corrected chi connectivity index (χ1v) is 7.78. The fourth-order valence-corrected chi connectivity index (χ4v) is 2.62. The van der Waals surface area contributed by atoms with Gasteiger partial charge in [0.15, 0.2) is 0 Å². The van der Waals surface area contributed by atoms with Crippen molar-refractivity contribution in [2.75, 3.05) is 19.6 Å². The van der Waals surface area contributed by atoms with Gasteiger partial charge in [-0.25, -0.2) is 0 Å². The van der Waals surface area contributed by atoms with Gasteiger partial charge in [0.2, 0.25) is 0 Å². The van der Waals surface area contributed by atoms with E-state index in [1.165, 1.54) is 6.20 Å². The highest BCUT2D eigenvalue weighted by Gasteiger charge is 2.29. The predicted octanol–water partition coefficient (Wildman–Crippen LogP) is 1.21. The normalized spacial score (nSPS) is 16.7. The molecule has 1 aromatic rings. The third-order valence-corrected chi connectivity index (χ3v) is 3.92. The lowest BCUT2D eigenvalue weighted by atomic mass is 9.95. The number of nitrogens with two attached hydrogens (primary N) is 2. The number of likely N-dealkylation sites (tertiary alicyclic amines) is 1. The average molecular weight is 313 g/mol. The Morgan fingerprint density at radius 2 is 2.22 bits per heavy atom. The molecule has 6 heteroatoms. The number of allylic oxidation sites excluding steroid dienone is 2. The van der Waals surface area contributed by atoms with Crippen molar-refractivity contribution in [3.05, 3.63) is 47.3 Å². The molecule has 0 aromatic heterocycles. The molecule has 0 bridgehead atoms. The number of aryl methyl sites for hydroxylation is 1. The van der Waals surface area contributed by atoms with E-state index in [4.69, 9.17) is 24.1 Å². The minimum Gasteiger partial charge on any atom is -0.507 e. The second-order valence-corrected chi connectivity index (χ2v) is 5.80. The van der Waals surface area contributed by atoms with Gasteiger partial charge in [0.25, 0.3) is 0 Å². The maximum absolute atomic E-state index is 10.2. The van der Waals surface area contributed by atoms with Crippen molar-refractivity contribution < 1.29 is 9.84 Å². The molecule has 0 saturated carbocycles. The Morgan fingerprint density at radius 3 is 2.87 bits per heavy atom. The number of nitrogens with zero attached hydrogens (tertiary/aromatic N) is 1. The molecule has 122 valence electrons. The molecular formula is C17H24BN3O2. The van der Waals surface area contributed by atoms with Crippen LogP contribution in [0.4, 0.5) is 0 Å². The van der Waals surface area contributed by atoms with Crippen molar-refractivity contribution in [3.63, 3.8) is 0 Å². The van der Waals surface area contributed by atoms with Crippen LogP contribution in [0.15, 0.2) is 36.2 Å². The highest BCUT2D eigenvalue weighted by atomic mass is 16.5. The molecule has 1 aliphatic heterocycles. The average Bonchev–Trinajstić information content (AvgIpc) is 2.50. The first kappa shape index (κ1) is 17.3. The number of phenolic OH excluding ortho intramolecular Hbond substituents is 1. The van der Waals surface area contributed by atoms with Crippen LogP contribution in [0.5, 0.6) is 11.5 Å². The molecule has 1 saturated heterocycles. The molecule has 0 unspecified atom stereocenters. The Labute approximate surface area is 139 Å². The second-order valence-electron chi connectivity index (χ2n) is 5.80. The molecule has 0 amide bonds. The van der Waals surface area contributed by atoms with E-state index >= 15 is 0 Å². The molecule has 1 aromatic carbocycles. The quantitative estimate of drug-likeness (QED) is 0.520. The summed E-state index contributed by atoms with van der Waals surface area (Å²) in [6, 6.07) is 3.78. The van der Waals surface area contributed by atoms with E-state index in [-0.39, 0.29) is 11.9 Å². The fraction of sp³-hybridized carbons (Fsp3) is 0.412. The van der Waals surface area contributed by atoms with E-state index in [0.717, 1.165) is 35.7 Å². The van der Waals surface area contributed by atoms with E-state index < -0.39 is 0 Å². The zero-order chi connectivity index (χ0) is 16.8. The summed E-state index contributed by atoms with van der Waals surface area (Å²) in [4.78, 5) is 2.19. The lowest BCUT2D eigenvalue weighted by molar-refractivity contribution is 0.0257. The van der Waals surface area contributed by atoms with Gasteiger partial charge in [-0.15, -0.1) is 0 Å². The number of benzene rings is 1. The molecule has 2 radical (unpaired) electrons. The summed E-state index contributed by atoms with van der Waals surface area (Å²) in [6.07, 6.45) is 6.26. The number of ether oxygens (including phenoxy) is 1. The lowest BCUT2D eigenvalue weighted by Gasteiger charge is -2.39. The van der Waals surface area contributed by atoms with Crippen LogP contribution in [0.3, 0.4) is 0 Å². The minimum absolute atomic E-state index is 0.117. The molecule has 5 nitrogen and oxygen atoms in total. The first-order chi connectivity index (χ1) is 11.0. The van der Waals surface area contributed by atoms with Crippen molar-refractivity contribution >= 4 is 7.85 Å². The van der Waals surface area contributed by atoms with Gasteiger partial charge in [-0.2, -0.15) is 0 Å². The molecule has 23 heavy (non-hydrogen) atoms. The van der Waals surface area contributed by atoms with Crippen LogP contribution in [0, 0.1) is 6.92 Å². The molecule has 0 aliphatic carbocycles. The van der Waals surface area contributed by atoms with Gasteiger partial charge >= 0.3 is 0 Å². The molecule has 0 atom stereocenters. The van der Waals surface area contributed by atoms with Crippen molar-refractivity contribution in [1.29, 1.82) is 0 Å². The summed E-state index contributed by atoms with van der Waals surface area (Å²) in [5.74, 6) is 1.01. The van der Waals surface area contributed by atoms with Crippen molar-refractivity contribution in [2.45, 2.75) is 25.8 Å². The molecule has 0 spiro atoms. The van der Waals surface area contributed by atoms with E-state index in [9.17, 15) is 5.11 Å². The van der Waals surface area contributed by atoms with E-state index in [1.54, 1.807) is 12.2 Å². The summed E-state index contributed by atoms with van der Waals surface area (Å²) in [7, 11) is 5.54. The van der Waals surface area contributed by atoms with Gasteiger partial charge < -0.3 is 21.3 Å². The van der Waals surface area contributed by atoms with Crippen LogP contribution < -0.4 is 16.2 Å². The van der Waals surface area contributed by atoms with Gasteiger partial charge in [0, 0.05) is 30.9 Å². The second kappa shape index (κ2) is 7.97. The van der Waals surface area contributed by atoms with Crippen LogP contribution in [0.25, 0.3) is 0 Å². The summed E-state index contributed by atoms with van der Waals surface area (Å²) >= 11 is 0. The SMILES string of the molecule is [B]CCc1ccc(OC2CN(C/C(N)=C/C=C\N)C2)c(C)c1O. The highest BCUT2D eigenvalue weighted by Crippen LogP contribution is 2.32. The molecule has 1 heterocycles. The monoisotopic (exact) mass is 313 g/mol. The lowest BCUT2D eigenvalue weighted by Crippen LogP contribution is -2.54. The molecular weight excluding hydrogens is 289 g/mol. The van der Waals surface area contributed by atoms with Crippen molar-refractivity contribution in [1.82, 2.24) is 4.90 Å². The van der Waals surface area contributed by atoms with E-state index in [2.05, 4.69) is 4.90 Å². The third kappa shape index (κ3) is 4.45. The Bertz CT molecular complexity index is 596. The largest absolute Gasteiger partial charge is 0.507 e. The van der Waals surface area contributed by atoms with Crippen LogP contribution >= 0.6 is 0 Å². The van der Waals surface area contributed by atoms with Crippen molar-refractivity contribution in [2.24, 2.45) is 11.5 Å². The Balaban J connectivity index is 1.87. The van der Waals surface area contributed by atoms with Crippen LogP contribution in [0.2, 0.25) is 6.32 Å². The number of aromatic hydroxyl groups is 1. The summed E-state index contributed by atoms with van der Waals surface area (Å²) < 4.78 is 5.96. The fourth-order valence-electron chi connectivity index (χ4n) is 2.62. The standard InChI is InChI=1S/C17H24BN3O2/c1-12-16(5-4-13(6-7-18)17(12)22)23-15-10-21(11-15)9-14(20)3-2-8-19/h2-5,8,15,22H,6-7,9-11,19-20H2,1H3/b8-2-,14-3-. The molecule has 5 N–H and O–H groups in total. The smallest absolute Gasteiger partial charge is 0.126 e. The van der Waals surface area contributed by atoms with Gasteiger partial charge in [0.1, 0.15) is 17.6 Å². The van der Waals surface area contributed by atoms with Gasteiger partial charge in [-0.1, -0.05) is 12.4 Å². The number of phenols is 1. The maximum atomic E-state index is 10.2. The Kier molecular flexibility index (Phi) is 5.99. The third-order valence-electron chi connectivity index (χ3n) is 3.92. The molecule has 1 fully saturated rings. The van der Waals surface area contributed by atoms with E-state index in [0.29, 0.717) is 19.3 Å². The molecule has 1 aliphatic rings. The summed E-state index contributed by atoms with van der Waals surface area (Å²) in [5.41, 5.74) is 13.6. The van der Waals surface area contributed by atoms with Gasteiger partial charge in [-0.05, 0) is 43.3 Å².